The summed E-state index contributed by atoms with van der Waals surface area (Å²) in [5, 5.41) is 7.93. The van der Waals surface area contributed by atoms with E-state index >= 15 is 0 Å². The van der Waals surface area contributed by atoms with E-state index in [9.17, 15) is 0 Å². The van der Waals surface area contributed by atoms with Crippen molar-refractivity contribution in [3.63, 3.8) is 0 Å². The predicted octanol–water partition coefficient (Wildman–Crippen LogP) is 2.57. The van der Waals surface area contributed by atoms with Crippen LogP contribution < -0.4 is 10.2 Å². The van der Waals surface area contributed by atoms with Crippen LogP contribution in [0.2, 0.25) is 0 Å². The first-order valence-electron chi connectivity index (χ1n) is 9.95. The summed E-state index contributed by atoms with van der Waals surface area (Å²) < 4.78 is 7.26. The Hall–Kier alpha value is -3.20. The summed E-state index contributed by atoms with van der Waals surface area (Å²) in [6.07, 6.45) is 1.88. The lowest BCUT2D eigenvalue weighted by Gasteiger charge is -2.27. The lowest BCUT2D eigenvalue weighted by atomic mass is 10.1. The van der Waals surface area contributed by atoms with Gasteiger partial charge in [0.15, 0.2) is 5.65 Å². The molecule has 0 amide bonds. The number of benzene rings is 1. The molecule has 4 heterocycles. The lowest BCUT2D eigenvalue weighted by Crippen LogP contribution is -2.37. The number of nitrogens with one attached hydrogen (secondary N) is 2. The molecule has 0 spiro atoms. The molecule has 1 aromatic carbocycles. The number of H-pyrrole nitrogens is 1. The van der Waals surface area contributed by atoms with Gasteiger partial charge in [0.1, 0.15) is 5.82 Å². The summed E-state index contributed by atoms with van der Waals surface area (Å²) in [4.78, 5) is 19.7. The minimum atomic E-state index is 0.322. The maximum atomic E-state index is 5.48. The molecule has 0 radical (unpaired) electrons. The van der Waals surface area contributed by atoms with Gasteiger partial charge in [0.2, 0.25) is 11.9 Å². The van der Waals surface area contributed by atoms with E-state index in [-0.39, 0.29) is 0 Å². The van der Waals surface area contributed by atoms with Gasteiger partial charge in [0, 0.05) is 18.7 Å². The fraction of sp³-hybridized carbons (Fsp3) is 0.400. The number of nitrogens with zero attached hydrogens (tertiary/aromatic N) is 6. The van der Waals surface area contributed by atoms with E-state index in [1.807, 2.05) is 30.5 Å². The summed E-state index contributed by atoms with van der Waals surface area (Å²) in [6, 6.07) is 8.00. The first-order chi connectivity index (χ1) is 14.2. The molecule has 1 saturated heterocycles. The Morgan fingerprint density at radius 2 is 1.97 bits per heavy atom. The number of hydrogen-bond acceptors (Lipinski definition) is 7. The Labute approximate surface area is 168 Å². The highest BCUT2D eigenvalue weighted by Crippen LogP contribution is 2.24. The molecule has 0 bridgehead atoms. The van der Waals surface area contributed by atoms with Crippen molar-refractivity contribution >= 4 is 28.6 Å². The van der Waals surface area contributed by atoms with Gasteiger partial charge in [0.05, 0.1) is 37.0 Å². The number of morpholine rings is 1. The molecule has 0 unspecified atom stereocenters. The molecule has 9 heteroatoms. The van der Waals surface area contributed by atoms with E-state index in [1.165, 1.54) is 0 Å². The van der Waals surface area contributed by atoms with E-state index in [0.29, 0.717) is 37.6 Å². The number of fused-ring (bicyclic) bond motifs is 2. The van der Waals surface area contributed by atoms with Gasteiger partial charge in [-0.1, -0.05) is 26.0 Å². The van der Waals surface area contributed by atoms with Gasteiger partial charge in [-0.05, 0) is 18.1 Å². The van der Waals surface area contributed by atoms with Crippen LogP contribution in [0.25, 0.3) is 16.7 Å². The van der Waals surface area contributed by atoms with Crippen LogP contribution in [0.1, 0.15) is 31.2 Å². The summed E-state index contributed by atoms with van der Waals surface area (Å²) >= 11 is 0. The van der Waals surface area contributed by atoms with Gasteiger partial charge in [-0.15, -0.1) is 0 Å². The molecular formula is C20H24N8O. The third-order valence-corrected chi connectivity index (χ3v) is 5.15. The molecule has 0 saturated carbocycles. The number of anilines is 2. The van der Waals surface area contributed by atoms with E-state index in [4.69, 9.17) is 14.7 Å². The highest BCUT2D eigenvalue weighted by Gasteiger charge is 2.20. The normalized spacial score (nSPS) is 14.9. The van der Waals surface area contributed by atoms with E-state index in [1.54, 1.807) is 4.52 Å². The highest BCUT2D eigenvalue weighted by molar-refractivity contribution is 5.74. The zero-order valence-electron chi connectivity index (χ0n) is 16.6. The monoisotopic (exact) mass is 392 g/mol. The Kier molecular flexibility index (Phi) is 4.51. The number of ether oxygens (including phenoxy) is 1. The van der Waals surface area contributed by atoms with Crippen LogP contribution in [0.3, 0.4) is 0 Å². The quantitative estimate of drug-likeness (QED) is 0.539. The first kappa shape index (κ1) is 17.9. The van der Waals surface area contributed by atoms with E-state index in [0.717, 1.165) is 41.2 Å². The van der Waals surface area contributed by atoms with Gasteiger partial charge in [0.25, 0.3) is 0 Å². The van der Waals surface area contributed by atoms with Crippen LogP contribution in [0.5, 0.6) is 0 Å². The average molecular weight is 392 g/mol. The molecule has 3 aromatic heterocycles. The van der Waals surface area contributed by atoms with Crippen molar-refractivity contribution in [2.45, 2.75) is 26.3 Å². The molecule has 2 N–H and O–H groups in total. The summed E-state index contributed by atoms with van der Waals surface area (Å²) in [7, 11) is 0. The van der Waals surface area contributed by atoms with Crippen molar-refractivity contribution in [3.8, 4) is 0 Å². The van der Waals surface area contributed by atoms with Crippen LogP contribution in [0.4, 0.5) is 11.9 Å². The largest absolute Gasteiger partial charge is 0.378 e. The molecule has 1 fully saturated rings. The molecule has 0 aliphatic carbocycles. The van der Waals surface area contributed by atoms with Crippen LogP contribution in [-0.2, 0) is 11.3 Å². The average Bonchev–Trinajstić information content (AvgIpc) is 3.36. The maximum Gasteiger partial charge on any atom is 0.230 e. The second-order valence-electron chi connectivity index (χ2n) is 7.49. The van der Waals surface area contributed by atoms with Crippen molar-refractivity contribution in [2.75, 3.05) is 36.5 Å². The topological polar surface area (TPSA) is 96.3 Å². The van der Waals surface area contributed by atoms with Crippen LogP contribution >= 0.6 is 0 Å². The van der Waals surface area contributed by atoms with Gasteiger partial charge < -0.3 is 19.9 Å². The predicted molar refractivity (Wildman–Crippen MR) is 111 cm³/mol. The minimum Gasteiger partial charge on any atom is -0.378 e. The fourth-order valence-corrected chi connectivity index (χ4v) is 3.56. The van der Waals surface area contributed by atoms with Crippen LogP contribution in [0.15, 0.2) is 30.5 Å². The summed E-state index contributed by atoms with van der Waals surface area (Å²) in [5.41, 5.74) is 3.91. The zero-order chi connectivity index (χ0) is 19.8. The number of aromatic nitrogens is 6. The standard InChI is InChI=1S/C20H24N8O/c1-13(2)14-11-22-28-18(14)25-20(27-7-9-29-10-8-27)26-19(28)21-12-17-23-15-5-3-4-6-16(15)24-17/h3-6,11,13H,7-10,12H2,1-2H3,(H,23,24)(H,21,25,26). The van der Waals surface area contributed by atoms with E-state index in [2.05, 4.69) is 39.1 Å². The smallest absolute Gasteiger partial charge is 0.230 e. The Morgan fingerprint density at radius 1 is 1.14 bits per heavy atom. The molecule has 1 aliphatic heterocycles. The molecule has 1 aliphatic rings. The third kappa shape index (κ3) is 3.38. The van der Waals surface area contributed by atoms with Gasteiger partial charge in [-0.3, -0.25) is 0 Å². The molecule has 150 valence electrons. The highest BCUT2D eigenvalue weighted by atomic mass is 16.5. The lowest BCUT2D eigenvalue weighted by molar-refractivity contribution is 0.122. The molecule has 29 heavy (non-hydrogen) atoms. The summed E-state index contributed by atoms with van der Waals surface area (Å²) in [6.45, 7) is 7.75. The van der Waals surface area contributed by atoms with Crippen molar-refractivity contribution < 1.29 is 4.74 Å². The van der Waals surface area contributed by atoms with Gasteiger partial charge >= 0.3 is 0 Å². The molecule has 0 atom stereocenters. The van der Waals surface area contributed by atoms with Crippen molar-refractivity contribution in [2.24, 2.45) is 0 Å². The minimum absolute atomic E-state index is 0.322. The number of aromatic amines is 1. The SMILES string of the molecule is CC(C)c1cnn2c(NCc3nc4ccccc4[nH]3)nc(N3CCOCC3)nc12. The molecule has 4 aromatic rings. The van der Waals surface area contributed by atoms with Crippen molar-refractivity contribution in [1.82, 2.24) is 29.5 Å². The number of rotatable bonds is 5. The van der Waals surface area contributed by atoms with Crippen molar-refractivity contribution in [1.29, 1.82) is 0 Å². The zero-order valence-corrected chi connectivity index (χ0v) is 16.6. The molecular weight excluding hydrogens is 368 g/mol. The fourth-order valence-electron chi connectivity index (χ4n) is 3.56. The maximum absolute atomic E-state index is 5.48. The Morgan fingerprint density at radius 3 is 2.76 bits per heavy atom. The third-order valence-electron chi connectivity index (χ3n) is 5.15. The summed E-state index contributed by atoms with van der Waals surface area (Å²) in [5.74, 6) is 2.53. The second kappa shape index (κ2) is 7.32. The van der Waals surface area contributed by atoms with Gasteiger partial charge in [-0.2, -0.15) is 19.6 Å². The molecule has 5 rings (SSSR count). The molecule has 9 nitrogen and oxygen atoms in total. The number of hydrogen-bond donors (Lipinski definition) is 2. The second-order valence-corrected chi connectivity index (χ2v) is 7.49. The Balaban J connectivity index is 1.50. The van der Waals surface area contributed by atoms with Crippen molar-refractivity contribution in [3.05, 3.63) is 41.9 Å². The number of imidazole rings is 1. The van der Waals surface area contributed by atoms with Crippen LogP contribution in [-0.4, -0.2) is 55.9 Å². The Bertz CT molecular complexity index is 1110. The first-order valence-corrected chi connectivity index (χ1v) is 9.95. The van der Waals surface area contributed by atoms with Gasteiger partial charge in [-0.25, -0.2) is 4.98 Å². The number of para-hydroxylation sites is 2. The van der Waals surface area contributed by atoms with Crippen LogP contribution in [0, 0.1) is 0 Å². The van der Waals surface area contributed by atoms with E-state index < -0.39 is 0 Å².